The summed E-state index contributed by atoms with van der Waals surface area (Å²) in [5, 5.41) is 12.6. The van der Waals surface area contributed by atoms with Gasteiger partial charge in [-0.25, -0.2) is 9.29 Å². The third-order valence-electron chi connectivity index (χ3n) is 3.47. The van der Waals surface area contributed by atoms with Crippen molar-refractivity contribution in [3.63, 3.8) is 0 Å². The van der Waals surface area contributed by atoms with Crippen LogP contribution < -0.4 is 10.2 Å². The van der Waals surface area contributed by atoms with Gasteiger partial charge in [-0.2, -0.15) is 0 Å². The lowest BCUT2D eigenvalue weighted by Crippen LogP contribution is -2.34. The number of hydrogen-bond acceptors (Lipinski definition) is 4. The Morgan fingerprint density at radius 3 is 2.45 bits per heavy atom. The van der Waals surface area contributed by atoms with E-state index in [9.17, 15) is 19.1 Å². The summed E-state index contributed by atoms with van der Waals surface area (Å²) in [5.74, 6) is -1.24. The van der Waals surface area contributed by atoms with Gasteiger partial charge in [-0.3, -0.25) is 9.59 Å². The summed E-state index contributed by atoms with van der Waals surface area (Å²) in [6.45, 7) is 0. The second kappa shape index (κ2) is 5.48. The van der Waals surface area contributed by atoms with E-state index in [2.05, 4.69) is 5.32 Å². The molecule has 22 heavy (non-hydrogen) atoms. The molecule has 1 aliphatic rings. The van der Waals surface area contributed by atoms with Crippen molar-refractivity contribution in [2.24, 2.45) is 0 Å². The van der Waals surface area contributed by atoms with Gasteiger partial charge in [-0.05, 0) is 36.4 Å². The number of amides is 2. The van der Waals surface area contributed by atoms with E-state index in [0.29, 0.717) is 11.4 Å². The highest BCUT2D eigenvalue weighted by Crippen LogP contribution is 2.28. The molecular formula is C16H13FN2O3. The van der Waals surface area contributed by atoms with Crippen LogP contribution in [0.15, 0.2) is 48.5 Å². The maximum atomic E-state index is 12.9. The maximum absolute atomic E-state index is 12.9. The summed E-state index contributed by atoms with van der Waals surface area (Å²) in [6.07, 6.45) is -0.0233. The molecule has 2 aromatic rings. The Bertz CT molecular complexity index is 730. The lowest BCUT2D eigenvalue weighted by Gasteiger charge is -2.16. The summed E-state index contributed by atoms with van der Waals surface area (Å²) in [4.78, 5) is 25.5. The van der Waals surface area contributed by atoms with Crippen LogP contribution >= 0.6 is 0 Å². The van der Waals surface area contributed by atoms with Crippen LogP contribution in [0.5, 0.6) is 5.75 Å². The molecule has 1 aliphatic heterocycles. The van der Waals surface area contributed by atoms with E-state index in [0.717, 1.165) is 4.90 Å². The van der Waals surface area contributed by atoms with Crippen molar-refractivity contribution in [1.82, 2.24) is 0 Å². The first-order valence-electron chi connectivity index (χ1n) is 6.73. The summed E-state index contributed by atoms with van der Waals surface area (Å²) in [6, 6.07) is 10.9. The van der Waals surface area contributed by atoms with Crippen LogP contribution in [0.25, 0.3) is 0 Å². The van der Waals surface area contributed by atoms with E-state index in [-0.39, 0.29) is 18.1 Å². The van der Waals surface area contributed by atoms with Crippen molar-refractivity contribution in [2.45, 2.75) is 12.5 Å². The number of halogens is 1. The van der Waals surface area contributed by atoms with Gasteiger partial charge in [0.2, 0.25) is 5.91 Å². The fourth-order valence-corrected chi connectivity index (χ4v) is 2.39. The van der Waals surface area contributed by atoms with E-state index in [1.807, 2.05) is 0 Å². The van der Waals surface area contributed by atoms with Gasteiger partial charge < -0.3 is 10.4 Å². The molecule has 3 rings (SSSR count). The van der Waals surface area contributed by atoms with Gasteiger partial charge in [0.05, 0.1) is 17.8 Å². The maximum Gasteiger partial charge on any atom is 0.256 e. The van der Waals surface area contributed by atoms with Crippen LogP contribution in [0.3, 0.4) is 0 Å². The van der Waals surface area contributed by atoms with Gasteiger partial charge in [0.25, 0.3) is 5.91 Å². The average molecular weight is 300 g/mol. The fraction of sp³-hybridized carbons (Fsp3) is 0.125. The van der Waals surface area contributed by atoms with Crippen molar-refractivity contribution in [3.05, 3.63) is 54.3 Å². The van der Waals surface area contributed by atoms with Crippen LogP contribution in [-0.4, -0.2) is 23.0 Å². The van der Waals surface area contributed by atoms with Gasteiger partial charge in [0.1, 0.15) is 17.6 Å². The van der Waals surface area contributed by atoms with Crippen molar-refractivity contribution in [2.75, 3.05) is 10.2 Å². The number of para-hydroxylation sites is 2. The first kappa shape index (κ1) is 14.1. The molecule has 5 nitrogen and oxygen atoms in total. The summed E-state index contributed by atoms with van der Waals surface area (Å²) >= 11 is 0. The Balaban J connectivity index is 1.82. The molecule has 2 aromatic carbocycles. The predicted octanol–water partition coefficient (Wildman–Crippen LogP) is 2.28. The van der Waals surface area contributed by atoms with Crippen molar-refractivity contribution in [1.29, 1.82) is 0 Å². The summed E-state index contributed by atoms with van der Waals surface area (Å²) < 4.78 is 12.9. The largest absolute Gasteiger partial charge is 0.506 e. The van der Waals surface area contributed by atoms with Crippen molar-refractivity contribution < 1.29 is 19.1 Å². The Kier molecular flexibility index (Phi) is 3.50. The minimum atomic E-state index is -0.758. The van der Waals surface area contributed by atoms with E-state index >= 15 is 0 Å². The number of hydrogen-bond donors (Lipinski definition) is 2. The lowest BCUT2D eigenvalue weighted by atomic mass is 10.2. The van der Waals surface area contributed by atoms with E-state index < -0.39 is 17.8 Å². The number of carbonyl (C=O) groups excluding carboxylic acids is 2. The number of nitrogens with one attached hydrogen (secondary N) is 1. The zero-order valence-electron chi connectivity index (χ0n) is 11.5. The summed E-state index contributed by atoms with van der Waals surface area (Å²) in [7, 11) is 0. The number of nitrogens with zero attached hydrogens (tertiary/aromatic N) is 1. The number of aromatic hydroxyl groups is 1. The first-order valence-corrected chi connectivity index (χ1v) is 6.73. The molecule has 1 saturated heterocycles. The highest BCUT2D eigenvalue weighted by atomic mass is 19.1. The van der Waals surface area contributed by atoms with Gasteiger partial charge >= 0.3 is 0 Å². The Morgan fingerprint density at radius 1 is 1.09 bits per heavy atom. The molecule has 2 N–H and O–H groups in total. The Morgan fingerprint density at radius 2 is 1.77 bits per heavy atom. The molecule has 1 atom stereocenters. The average Bonchev–Trinajstić information content (AvgIpc) is 2.77. The van der Waals surface area contributed by atoms with Gasteiger partial charge in [-0.15, -0.1) is 0 Å². The number of imide groups is 1. The highest BCUT2D eigenvalue weighted by molar-refractivity contribution is 6.23. The third-order valence-corrected chi connectivity index (χ3v) is 3.47. The third kappa shape index (κ3) is 2.50. The predicted molar refractivity (Wildman–Crippen MR) is 79.0 cm³/mol. The van der Waals surface area contributed by atoms with E-state index in [1.165, 1.54) is 30.3 Å². The molecule has 6 heteroatoms. The van der Waals surface area contributed by atoms with Gasteiger partial charge in [0.15, 0.2) is 0 Å². The second-order valence-corrected chi connectivity index (χ2v) is 4.96. The van der Waals surface area contributed by atoms with Crippen LogP contribution in [0.1, 0.15) is 6.42 Å². The molecule has 0 spiro atoms. The standard InChI is InChI=1S/C16H13FN2O3/c17-10-5-7-11(8-6-10)19-15(21)9-13(16(19)22)18-12-3-1-2-4-14(12)20/h1-8,13,18,20H,9H2. The Hall–Kier alpha value is -2.89. The van der Waals surface area contributed by atoms with Crippen LogP contribution in [0.2, 0.25) is 0 Å². The van der Waals surface area contributed by atoms with Crippen molar-refractivity contribution >= 4 is 23.2 Å². The highest BCUT2D eigenvalue weighted by Gasteiger charge is 2.39. The summed E-state index contributed by atoms with van der Waals surface area (Å²) in [5.41, 5.74) is 0.715. The molecule has 0 aliphatic carbocycles. The van der Waals surface area contributed by atoms with E-state index in [1.54, 1.807) is 18.2 Å². The van der Waals surface area contributed by atoms with Gasteiger partial charge in [0, 0.05) is 0 Å². The minimum absolute atomic E-state index is 0.00276. The number of anilines is 2. The number of carbonyl (C=O) groups is 2. The minimum Gasteiger partial charge on any atom is -0.506 e. The molecule has 112 valence electrons. The van der Waals surface area contributed by atoms with Crippen LogP contribution in [0, 0.1) is 5.82 Å². The molecule has 1 heterocycles. The first-order chi connectivity index (χ1) is 10.6. The fourth-order valence-electron chi connectivity index (χ4n) is 2.39. The quantitative estimate of drug-likeness (QED) is 0.674. The van der Waals surface area contributed by atoms with Crippen LogP contribution in [0.4, 0.5) is 15.8 Å². The smallest absolute Gasteiger partial charge is 0.256 e. The van der Waals surface area contributed by atoms with Crippen LogP contribution in [-0.2, 0) is 9.59 Å². The van der Waals surface area contributed by atoms with Gasteiger partial charge in [-0.1, -0.05) is 12.1 Å². The topological polar surface area (TPSA) is 69.6 Å². The number of benzene rings is 2. The lowest BCUT2D eigenvalue weighted by molar-refractivity contribution is -0.121. The monoisotopic (exact) mass is 300 g/mol. The molecule has 1 fully saturated rings. The number of phenolic OH excluding ortho intramolecular Hbond substituents is 1. The Labute approximate surface area is 126 Å². The molecule has 0 aromatic heterocycles. The molecule has 1 unspecified atom stereocenters. The second-order valence-electron chi connectivity index (χ2n) is 4.96. The number of rotatable bonds is 3. The molecule has 2 amide bonds. The van der Waals surface area contributed by atoms with Crippen molar-refractivity contribution in [3.8, 4) is 5.75 Å². The molecule has 0 bridgehead atoms. The molecular weight excluding hydrogens is 287 g/mol. The molecule has 0 saturated carbocycles. The molecule has 0 radical (unpaired) electrons. The number of phenols is 1. The zero-order valence-corrected chi connectivity index (χ0v) is 11.5. The normalized spacial score (nSPS) is 17.9. The SMILES string of the molecule is O=C1CC(Nc2ccccc2O)C(=O)N1c1ccc(F)cc1. The van der Waals surface area contributed by atoms with E-state index in [4.69, 9.17) is 0 Å². The zero-order chi connectivity index (χ0) is 15.7.